The van der Waals surface area contributed by atoms with E-state index in [1.165, 1.54) is 6.42 Å². The summed E-state index contributed by atoms with van der Waals surface area (Å²) >= 11 is 0. The Morgan fingerprint density at radius 3 is 2.36 bits per heavy atom. The van der Waals surface area contributed by atoms with Crippen molar-refractivity contribution in [2.45, 2.75) is 53.6 Å². The van der Waals surface area contributed by atoms with E-state index in [0.717, 1.165) is 6.61 Å². The minimum absolute atomic E-state index is 0.00175. The Morgan fingerprint density at radius 1 is 1.43 bits per heavy atom. The van der Waals surface area contributed by atoms with Crippen molar-refractivity contribution in [3.63, 3.8) is 0 Å². The van der Waals surface area contributed by atoms with E-state index in [2.05, 4.69) is 47.6 Å². The second kappa shape index (κ2) is 3.69. The Kier molecular flexibility index (Phi) is 3.10. The van der Waals surface area contributed by atoms with E-state index in [1.807, 2.05) is 0 Å². The molecule has 0 N–H and O–H groups in total. The van der Waals surface area contributed by atoms with Crippen LogP contribution in [0.1, 0.15) is 48.0 Å². The van der Waals surface area contributed by atoms with Crippen molar-refractivity contribution in [3.05, 3.63) is 11.6 Å². The summed E-state index contributed by atoms with van der Waals surface area (Å²) in [5.41, 5.74) is 1.95. The predicted octanol–water partition coefficient (Wildman–Crippen LogP) is 3.79. The zero-order chi connectivity index (χ0) is 11.0. The maximum absolute atomic E-state index is 5.83. The zero-order valence-corrected chi connectivity index (χ0v) is 10.5. The SMILES string of the molecule is CC=C1CC(COC(C)(C)C)C1(C)C. The molecule has 0 bridgehead atoms. The smallest absolute Gasteiger partial charge is 0.0598 e. The highest BCUT2D eigenvalue weighted by atomic mass is 16.5. The molecule has 0 aromatic heterocycles. The first-order valence-electron chi connectivity index (χ1n) is 5.57. The van der Waals surface area contributed by atoms with Crippen LogP contribution in [0, 0.1) is 11.3 Å². The quantitative estimate of drug-likeness (QED) is 0.610. The molecule has 1 fully saturated rings. The lowest BCUT2D eigenvalue weighted by molar-refractivity contribution is -0.0546. The molecule has 0 radical (unpaired) electrons. The van der Waals surface area contributed by atoms with Gasteiger partial charge in [-0.05, 0) is 45.4 Å². The molecule has 0 aliphatic heterocycles. The maximum Gasteiger partial charge on any atom is 0.0598 e. The topological polar surface area (TPSA) is 9.23 Å². The fourth-order valence-electron chi connectivity index (χ4n) is 2.02. The van der Waals surface area contributed by atoms with Gasteiger partial charge in [0.05, 0.1) is 12.2 Å². The number of rotatable bonds is 2. The van der Waals surface area contributed by atoms with Gasteiger partial charge in [0.25, 0.3) is 0 Å². The van der Waals surface area contributed by atoms with Crippen molar-refractivity contribution < 1.29 is 4.74 Å². The van der Waals surface area contributed by atoms with Crippen LogP contribution in [0.2, 0.25) is 0 Å². The fourth-order valence-corrected chi connectivity index (χ4v) is 2.02. The molecule has 1 aliphatic rings. The van der Waals surface area contributed by atoms with Gasteiger partial charge in [-0.2, -0.15) is 0 Å². The third-order valence-corrected chi connectivity index (χ3v) is 3.38. The van der Waals surface area contributed by atoms with Gasteiger partial charge in [-0.25, -0.2) is 0 Å². The molecule has 1 atom stereocenters. The van der Waals surface area contributed by atoms with Crippen LogP contribution in [-0.2, 0) is 4.74 Å². The van der Waals surface area contributed by atoms with Crippen LogP contribution >= 0.6 is 0 Å². The van der Waals surface area contributed by atoms with Gasteiger partial charge in [-0.15, -0.1) is 0 Å². The molecule has 0 heterocycles. The standard InChI is InChI=1S/C13H24O/c1-7-10-8-11(13(10,5)6)9-14-12(2,3)4/h7,11H,8-9H2,1-6H3. The number of hydrogen-bond acceptors (Lipinski definition) is 1. The van der Waals surface area contributed by atoms with E-state index in [1.54, 1.807) is 5.57 Å². The highest BCUT2D eigenvalue weighted by Gasteiger charge is 2.43. The van der Waals surface area contributed by atoms with Gasteiger partial charge in [0.15, 0.2) is 0 Å². The molecule has 1 saturated carbocycles. The van der Waals surface area contributed by atoms with Crippen molar-refractivity contribution in [1.82, 2.24) is 0 Å². The summed E-state index contributed by atoms with van der Waals surface area (Å²) in [4.78, 5) is 0. The zero-order valence-electron chi connectivity index (χ0n) is 10.5. The van der Waals surface area contributed by atoms with Gasteiger partial charge in [0, 0.05) is 0 Å². The molecule has 0 saturated heterocycles. The van der Waals surface area contributed by atoms with Crippen LogP contribution in [-0.4, -0.2) is 12.2 Å². The van der Waals surface area contributed by atoms with Crippen molar-refractivity contribution >= 4 is 0 Å². The van der Waals surface area contributed by atoms with Crippen molar-refractivity contribution in [1.29, 1.82) is 0 Å². The van der Waals surface area contributed by atoms with Crippen molar-refractivity contribution in [3.8, 4) is 0 Å². The largest absolute Gasteiger partial charge is 0.376 e. The van der Waals surface area contributed by atoms with E-state index in [0.29, 0.717) is 11.3 Å². The summed E-state index contributed by atoms with van der Waals surface area (Å²) in [5.74, 6) is 0.702. The Bertz CT molecular complexity index is 230. The van der Waals surface area contributed by atoms with E-state index < -0.39 is 0 Å². The molecular formula is C13H24O. The normalized spacial score (nSPS) is 29.0. The Balaban J connectivity index is 2.44. The van der Waals surface area contributed by atoms with Crippen LogP contribution in [0.5, 0.6) is 0 Å². The first kappa shape index (κ1) is 11.8. The molecule has 0 amide bonds. The van der Waals surface area contributed by atoms with Crippen LogP contribution in [0.25, 0.3) is 0 Å². The molecule has 0 aromatic carbocycles. The molecule has 1 heteroatoms. The van der Waals surface area contributed by atoms with Gasteiger partial charge in [-0.1, -0.05) is 25.5 Å². The van der Waals surface area contributed by atoms with Gasteiger partial charge in [0.2, 0.25) is 0 Å². The van der Waals surface area contributed by atoms with Crippen LogP contribution in [0.4, 0.5) is 0 Å². The highest BCUT2D eigenvalue weighted by molar-refractivity contribution is 5.23. The summed E-state index contributed by atoms with van der Waals surface area (Å²) < 4.78 is 5.83. The van der Waals surface area contributed by atoms with E-state index in [-0.39, 0.29) is 5.60 Å². The lowest BCUT2D eigenvalue weighted by atomic mass is 9.59. The summed E-state index contributed by atoms with van der Waals surface area (Å²) in [6.07, 6.45) is 3.48. The molecule has 14 heavy (non-hydrogen) atoms. The third kappa shape index (κ3) is 2.38. The van der Waals surface area contributed by atoms with Crippen molar-refractivity contribution in [2.75, 3.05) is 6.61 Å². The van der Waals surface area contributed by atoms with Crippen LogP contribution < -0.4 is 0 Å². The van der Waals surface area contributed by atoms with Gasteiger partial charge >= 0.3 is 0 Å². The Hall–Kier alpha value is -0.300. The summed E-state index contributed by atoms with van der Waals surface area (Å²) in [7, 11) is 0. The summed E-state index contributed by atoms with van der Waals surface area (Å²) in [6, 6.07) is 0. The summed E-state index contributed by atoms with van der Waals surface area (Å²) in [5, 5.41) is 0. The van der Waals surface area contributed by atoms with Gasteiger partial charge < -0.3 is 4.74 Å². The minimum Gasteiger partial charge on any atom is -0.376 e. The number of ether oxygens (including phenoxy) is 1. The lowest BCUT2D eigenvalue weighted by Gasteiger charge is -2.48. The molecule has 1 nitrogen and oxygen atoms in total. The van der Waals surface area contributed by atoms with E-state index in [9.17, 15) is 0 Å². The molecule has 82 valence electrons. The maximum atomic E-state index is 5.83. The third-order valence-electron chi connectivity index (χ3n) is 3.38. The average Bonchev–Trinajstić information content (AvgIpc) is 2.00. The molecule has 1 unspecified atom stereocenters. The first-order chi connectivity index (χ1) is 6.27. The van der Waals surface area contributed by atoms with E-state index in [4.69, 9.17) is 4.74 Å². The molecule has 1 aliphatic carbocycles. The lowest BCUT2D eigenvalue weighted by Crippen LogP contribution is -2.42. The van der Waals surface area contributed by atoms with E-state index >= 15 is 0 Å². The Morgan fingerprint density at radius 2 is 2.00 bits per heavy atom. The minimum atomic E-state index is 0.00175. The number of allylic oxidation sites excluding steroid dienone is 2. The molecule has 1 rings (SSSR count). The Labute approximate surface area is 88.5 Å². The average molecular weight is 196 g/mol. The molecular weight excluding hydrogens is 172 g/mol. The second-order valence-electron chi connectivity index (χ2n) is 5.86. The van der Waals surface area contributed by atoms with Gasteiger partial charge in [0.1, 0.15) is 0 Å². The monoisotopic (exact) mass is 196 g/mol. The van der Waals surface area contributed by atoms with Gasteiger partial charge in [-0.3, -0.25) is 0 Å². The number of hydrogen-bond donors (Lipinski definition) is 0. The fraction of sp³-hybridized carbons (Fsp3) is 0.846. The highest BCUT2D eigenvalue weighted by Crippen LogP contribution is 2.50. The summed E-state index contributed by atoms with van der Waals surface area (Å²) in [6.45, 7) is 14.0. The predicted molar refractivity (Wildman–Crippen MR) is 61.4 cm³/mol. The van der Waals surface area contributed by atoms with Crippen molar-refractivity contribution in [2.24, 2.45) is 11.3 Å². The molecule has 0 spiro atoms. The first-order valence-corrected chi connectivity index (χ1v) is 5.57. The van der Waals surface area contributed by atoms with Crippen LogP contribution in [0.3, 0.4) is 0 Å². The van der Waals surface area contributed by atoms with Crippen LogP contribution in [0.15, 0.2) is 11.6 Å². The second-order valence-corrected chi connectivity index (χ2v) is 5.86. The molecule has 0 aromatic rings.